The zero-order chi connectivity index (χ0) is 23.2. The van der Waals surface area contributed by atoms with Crippen LogP contribution in [0.5, 0.6) is 0 Å². The largest absolute Gasteiger partial charge is 0.397 e. The molecule has 5 rings (SSSR count). The van der Waals surface area contributed by atoms with Crippen LogP contribution in [0.2, 0.25) is 0 Å². The number of hydrogen-bond acceptors (Lipinski definition) is 4. The average Bonchev–Trinajstić information content (AvgIpc) is 3.13. The third kappa shape index (κ3) is 4.54. The van der Waals surface area contributed by atoms with Gasteiger partial charge in [0.15, 0.2) is 0 Å². The molecule has 2 aromatic rings. The smallest absolute Gasteiger partial charge is 0.266 e. The molecular formula is C28H41N3OS. The Bertz CT molecular complexity index is 990. The monoisotopic (exact) mass is 467 g/mol. The third-order valence-corrected chi connectivity index (χ3v) is 9.78. The quantitative estimate of drug-likeness (QED) is 0.522. The van der Waals surface area contributed by atoms with Crippen LogP contribution in [0.15, 0.2) is 6.07 Å². The summed E-state index contributed by atoms with van der Waals surface area (Å²) in [4.78, 5) is 23.1. The van der Waals surface area contributed by atoms with E-state index in [0.717, 1.165) is 53.6 Å². The van der Waals surface area contributed by atoms with Gasteiger partial charge in [0.05, 0.1) is 5.69 Å². The van der Waals surface area contributed by atoms with E-state index >= 15 is 0 Å². The Morgan fingerprint density at radius 1 is 1.00 bits per heavy atom. The number of nitrogens with zero attached hydrogens (tertiary/aromatic N) is 2. The maximum absolute atomic E-state index is 14.1. The molecule has 2 N–H and O–H groups in total. The molecule has 0 saturated heterocycles. The summed E-state index contributed by atoms with van der Waals surface area (Å²) >= 11 is 1.54. The molecule has 5 heteroatoms. The summed E-state index contributed by atoms with van der Waals surface area (Å²) in [5, 5.41) is 1.00. The molecule has 1 atom stereocenters. The van der Waals surface area contributed by atoms with Gasteiger partial charge in [0.2, 0.25) is 0 Å². The predicted molar refractivity (Wildman–Crippen MR) is 139 cm³/mol. The molecule has 0 aromatic carbocycles. The molecule has 0 bridgehead atoms. The number of carbonyl (C=O) groups is 1. The van der Waals surface area contributed by atoms with E-state index in [1.807, 2.05) is 0 Å². The molecule has 2 saturated carbocycles. The number of nitrogens with two attached hydrogens (primary N) is 1. The van der Waals surface area contributed by atoms with Gasteiger partial charge in [-0.3, -0.25) is 4.79 Å². The Hall–Kier alpha value is -1.62. The molecule has 4 nitrogen and oxygen atoms in total. The highest BCUT2D eigenvalue weighted by Gasteiger charge is 2.35. The predicted octanol–water partition coefficient (Wildman–Crippen LogP) is 7.14. The number of rotatable bonds is 3. The van der Waals surface area contributed by atoms with Crippen molar-refractivity contribution < 1.29 is 4.79 Å². The zero-order valence-electron chi connectivity index (χ0n) is 20.8. The second-order valence-electron chi connectivity index (χ2n) is 11.9. The van der Waals surface area contributed by atoms with Gasteiger partial charge in [0.25, 0.3) is 5.91 Å². The first-order valence-electron chi connectivity index (χ1n) is 13.4. The maximum atomic E-state index is 14.1. The van der Waals surface area contributed by atoms with Crippen LogP contribution in [0.1, 0.15) is 112 Å². The molecule has 180 valence electrons. The summed E-state index contributed by atoms with van der Waals surface area (Å²) in [6, 6.07) is 3.03. The molecule has 3 aliphatic carbocycles. The highest BCUT2D eigenvalue weighted by molar-refractivity contribution is 7.21. The molecule has 33 heavy (non-hydrogen) atoms. The number of pyridine rings is 1. The van der Waals surface area contributed by atoms with Gasteiger partial charge >= 0.3 is 0 Å². The number of hydrogen-bond donors (Lipinski definition) is 1. The fourth-order valence-corrected chi connectivity index (χ4v) is 7.59. The minimum atomic E-state index is 0.180. The number of carbonyl (C=O) groups excluding carboxylic acids is 1. The highest BCUT2D eigenvalue weighted by Crippen LogP contribution is 2.41. The van der Waals surface area contributed by atoms with E-state index in [1.165, 1.54) is 56.2 Å². The summed E-state index contributed by atoms with van der Waals surface area (Å²) < 4.78 is 0. The molecule has 0 aliphatic heterocycles. The Morgan fingerprint density at radius 2 is 1.61 bits per heavy atom. The average molecular weight is 468 g/mol. The highest BCUT2D eigenvalue weighted by atomic mass is 32.1. The first kappa shape index (κ1) is 23.1. The normalized spacial score (nSPS) is 22.9. The zero-order valence-corrected chi connectivity index (χ0v) is 21.6. The van der Waals surface area contributed by atoms with Crippen LogP contribution >= 0.6 is 11.3 Å². The van der Waals surface area contributed by atoms with E-state index in [0.29, 0.717) is 29.1 Å². The van der Waals surface area contributed by atoms with E-state index in [2.05, 4.69) is 31.7 Å². The van der Waals surface area contributed by atoms with Crippen LogP contribution in [0, 0.1) is 11.3 Å². The van der Waals surface area contributed by atoms with Crippen molar-refractivity contribution in [2.75, 3.05) is 5.73 Å². The van der Waals surface area contributed by atoms with Crippen molar-refractivity contribution in [1.82, 2.24) is 9.88 Å². The lowest BCUT2D eigenvalue weighted by Gasteiger charge is -2.41. The topological polar surface area (TPSA) is 59.2 Å². The van der Waals surface area contributed by atoms with Crippen LogP contribution in [0.4, 0.5) is 5.69 Å². The van der Waals surface area contributed by atoms with Crippen molar-refractivity contribution in [1.29, 1.82) is 0 Å². The van der Waals surface area contributed by atoms with Gasteiger partial charge in [0.1, 0.15) is 9.71 Å². The summed E-state index contributed by atoms with van der Waals surface area (Å²) in [5.41, 5.74) is 10.2. The first-order chi connectivity index (χ1) is 15.8. The number of thiophene rings is 1. The Morgan fingerprint density at radius 3 is 2.18 bits per heavy atom. The number of amides is 1. The van der Waals surface area contributed by atoms with Crippen molar-refractivity contribution in [3.05, 3.63) is 22.2 Å². The van der Waals surface area contributed by atoms with Gasteiger partial charge in [-0.2, -0.15) is 0 Å². The number of fused-ring (bicyclic) bond motifs is 2. The van der Waals surface area contributed by atoms with Crippen LogP contribution in [0.25, 0.3) is 10.2 Å². The molecule has 1 amide bonds. The van der Waals surface area contributed by atoms with Crippen LogP contribution in [-0.2, 0) is 12.8 Å². The van der Waals surface area contributed by atoms with E-state index < -0.39 is 0 Å². The Balaban J connectivity index is 1.49. The third-order valence-electron chi connectivity index (χ3n) is 8.68. The minimum Gasteiger partial charge on any atom is -0.397 e. The van der Waals surface area contributed by atoms with E-state index in [9.17, 15) is 4.79 Å². The van der Waals surface area contributed by atoms with Gasteiger partial charge < -0.3 is 10.6 Å². The SMILES string of the molecule is CC(C)(C)C1CCc2nc3sc(C(=O)N(C4CCCCC4)C4CCCCC4)c(N)c3cc2C1. The summed E-state index contributed by atoms with van der Waals surface area (Å²) in [7, 11) is 0. The molecule has 2 aromatic heterocycles. The number of aryl methyl sites for hydroxylation is 1. The summed E-state index contributed by atoms with van der Waals surface area (Å²) in [6.45, 7) is 7.03. The first-order valence-corrected chi connectivity index (χ1v) is 14.2. The standard InChI is InChI=1S/C28H41N3OS/c1-28(2,3)19-14-15-23-18(16-19)17-22-24(29)25(33-26(22)30-23)27(32)31(20-10-6-4-7-11-20)21-12-8-5-9-13-21/h17,19-21H,4-16,29H2,1-3H3. The number of aromatic nitrogens is 1. The lowest BCUT2D eigenvalue weighted by Crippen LogP contribution is -2.48. The lowest BCUT2D eigenvalue weighted by molar-refractivity contribution is 0.0454. The van der Waals surface area contributed by atoms with Gasteiger partial charge in [-0.05, 0) is 67.9 Å². The molecule has 3 aliphatic rings. The van der Waals surface area contributed by atoms with Gasteiger partial charge in [-0.25, -0.2) is 4.98 Å². The molecule has 0 radical (unpaired) electrons. The van der Waals surface area contributed by atoms with E-state index in [1.54, 1.807) is 11.3 Å². The molecule has 2 fully saturated rings. The molecular weight excluding hydrogens is 426 g/mol. The number of nitrogen functional groups attached to an aromatic ring is 1. The van der Waals surface area contributed by atoms with E-state index in [-0.39, 0.29) is 5.91 Å². The van der Waals surface area contributed by atoms with Crippen molar-refractivity contribution in [2.24, 2.45) is 11.3 Å². The molecule has 2 heterocycles. The van der Waals surface area contributed by atoms with Crippen molar-refractivity contribution in [3.8, 4) is 0 Å². The number of anilines is 1. The van der Waals surface area contributed by atoms with Crippen molar-refractivity contribution >= 4 is 33.1 Å². The second kappa shape index (κ2) is 9.20. The second-order valence-corrected chi connectivity index (χ2v) is 12.9. The van der Waals surface area contributed by atoms with Crippen LogP contribution < -0.4 is 5.73 Å². The van der Waals surface area contributed by atoms with Gasteiger partial charge in [0, 0.05) is 23.2 Å². The van der Waals surface area contributed by atoms with Crippen molar-refractivity contribution in [2.45, 2.75) is 116 Å². The van der Waals surface area contributed by atoms with Crippen LogP contribution in [0.3, 0.4) is 0 Å². The van der Waals surface area contributed by atoms with Gasteiger partial charge in [-0.15, -0.1) is 11.3 Å². The fraction of sp³-hybridized carbons (Fsp3) is 0.714. The molecule has 1 unspecified atom stereocenters. The molecule has 0 spiro atoms. The summed E-state index contributed by atoms with van der Waals surface area (Å²) in [6.07, 6.45) is 15.5. The van der Waals surface area contributed by atoms with E-state index in [4.69, 9.17) is 10.7 Å². The van der Waals surface area contributed by atoms with Crippen molar-refractivity contribution in [3.63, 3.8) is 0 Å². The fourth-order valence-electron chi connectivity index (χ4n) is 6.55. The lowest BCUT2D eigenvalue weighted by atomic mass is 9.71. The van der Waals surface area contributed by atoms with Gasteiger partial charge in [-0.1, -0.05) is 59.3 Å². The maximum Gasteiger partial charge on any atom is 0.266 e. The Labute approximate surface area is 203 Å². The van der Waals surface area contributed by atoms with Crippen LogP contribution in [-0.4, -0.2) is 27.9 Å². The summed E-state index contributed by atoms with van der Waals surface area (Å²) in [5.74, 6) is 0.846. The Kier molecular flexibility index (Phi) is 6.45. The minimum absolute atomic E-state index is 0.180.